The number of β-lactam (4-membered cyclic amide) rings is 1. The molecular formula is C18H16N4O8S2. The van der Waals surface area contributed by atoms with E-state index in [1.807, 2.05) is 0 Å². The van der Waals surface area contributed by atoms with Crippen LogP contribution in [0.2, 0.25) is 0 Å². The highest BCUT2D eigenvalue weighted by Gasteiger charge is 2.54. The average molecular weight is 480 g/mol. The van der Waals surface area contributed by atoms with Gasteiger partial charge >= 0.3 is 17.7 Å². The molecule has 12 nitrogen and oxygen atoms in total. The second-order valence-electron chi connectivity index (χ2n) is 6.86. The number of nitrogens with zero attached hydrogens (tertiary/aromatic N) is 2. The van der Waals surface area contributed by atoms with E-state index in [1.165, 1.54) is 30.0 Å². The molecule has 0 aromatic carbocycles. The molecule has 2 amide bonds. The van der Waals surface area contributed by atoms with Gasteiger partial charge in [-0.2, -0.15) is 0 Å². The lowest BCUT2D eigenvalue weighted by Gasteiger charge is -2.49. The molecule has 1 saturated heterocycles. The molecular weight excluding hydrogens is 464 g/mol. The third kappa shape index (κ3) is 3.93. The molecule has 4 rings (SSSR count). The second kappa shape index (κ2) is 8.63. The van der Waals surface area contributed by atoms with Crippen molar-refractivity contribution in [2.45, 2.75) is 24.3 Å². The predicted molar refractivity (Wildman–Crippen MR) is 110 cm³/mol. The summed E-state index contributed by atoms with van der Waals surface area (Å²) in [5, 5.41) is 16.9. The lowest BCUT2D eigenvalue weighted by molar-refractivity contribution is -0.151. The fourth-order valence-electron chi connectivity index (χ4n) is 3.43. The number of aromatic amines is 1. The van der Waals surface area contributed by atoms with Gasteiger partial charge in [-0.3, -0.25) is 28.8 Å². The molecule has 0 spiro atoms. The van der Waals surface area contributed by atoms with E-state index in [-0.39, 0.29) is 23.9 Å². The SMILES string of the molecule is CC(=O)OCC1=C(C(=O)O)N2C(=O)[C@@H](NC(=O)C(c3noc(=O)[nH]3)c3cccs3)C2SC1. The van der Waals surface area contributed by atoms with Crippen molar-refractivity contribution in [2.75, 3.05) is 12.4 Å². The molecule has 2 aliphatic rings. The molecule has 32 heavy (non-hydrogen) atoms. The number of hydrogen-bond acceptors (Lipinski definition) is 10. The van der Waals surface area contributed by atoms with Crippen LogP contribution < -0.4 is 11.1 Å². The highest BCUT2D eigenvalue weighted by atomic mass is 32.2. The highest BCUT2D eigenvalue weighted by Crippen LogP contribution is 2.40. The van der Waals surface area contributed by atoms with E-state index >= 15 is 0 Å². The second-order valence-corrected chi connectivity index (χ2v) is 8.95. The quantitative estimate of drug-likeness (QED) is 0.358. The molecule has 0 aliphatic carbocycles. The van der Waals surface area contributed by atoms with E-state index in [0.717, 1.165) is 4.90 Å². The van der Waals surface area contributed by atoms with Gasteiger partial charge in [-0.05, 0) is 11.4 Å². The Morgan fingerprint density at radius 1 is 1.44 bits per heavy atom. The minimum absolute atomic E-state index is 0.00957. The lowest BCUT2D eigenvalue weighted by Crippen LogP contribution is -2.71. The molecule has 0 bridgehead atoms. The first-order chi connectivity index (χ1) is 15.3. The number of carbonyl (C=O) groups excluding carboxylic acids is 3. The average Bonchev–Trinajstić information content (AvgIpc) is 3.42. The third-order valence-corrected chi connectivity index (χ3v) is 7.09. The van der Waals surface area contributed by atoms with Gasteiger partial charge < -0.3 is 15.2 Å². The summed E-state index contributed by atoms with van der Waals surface area (Å²) in [6.45, 7) is 0.962. The van der Waals surface area contributed by atoms with Gasteiger partial charge in [-0.15, -0.1) is 23.1 Å². The molecule has 0 saturated carbocycles. The molecule has 3 atom stereocenters. The van der Waals surface area contributed by atoms with Crippen LogP contribution in [0.1, 0.15) is 23.5 Å². The van der Waals surface area contributed by atoms with Gasteiger partial charge in [-0.1, -0.05) is 11.2 Å². The topological polar surface area (TPSA) is 172 Å². The number of ether oxygens (including phenoxy) is 1. The number of aromatic nitrogens is 2. The fourth-order valence-corrected chi connectivity index (χ4v) is 5.58. The maximum Gasteiger partial charge on any atom is 0.438 e. The summed E-state index contributed by atoms with van der Waals surface area (Å²) >= 11 is 2.51. The first kappa shape index (κ1) is 21.8. The number of H-pyrrole nitrogens is 1. The summed E-state index contributed by atoms with van der Waals surface area (Å²) in [5.74, 6) is -4.72. The van der Waals surface area contributed by atoms with Crippen LogP contribution in [0, 0.1) is 0 Å². The summed E-state index contributed by atoms with van der Waals surface area (Å²) in [7, 11) is 0. The largest absolute Gasteiger partial charge is 0.477 e. The Kier molecular flexibility index (Phi) is 5.88. The normalized spacial score (nSPS) is 20.9. The fraction of sp³-hybridized carbons (Fsp3) is 0.333. The number of carboxylic acids is 1. The summed E-state index contributed by atoms with van der Waals surface area (Å²) < 4.78 is 9.41. The smallest absolute Gasteiger partial charge is 0.438 e. The summed E-state index contributed by atoms with van der Waals surface area (Å²) in [5.41, 5.74) is 0.0462. The van der Waals surface area contributed by atoms with Crippen LogP contribution in [0.4, 0.5) is 0 Å². The molecule has 2 aliphatic heterocycles. The Labute approximate surface area is 187 Å². The minimum Gasteiger partial charge on any atom is -0.477 e. The van der Waals surface area contributed by atoms with E-state index in [4.69, 9.17) is 4.74 Å². The molecule has 168 valence electrons. The number of rotatable bonds is 7. The maximum absolute atomic E-state index is 13.1. The van der Waals surface area contributed by atoms with Crippen molar-refractivity contribution in [3.8, 4) is 0 Å². The standard InChI is InChI=1S/C18H16N4O8S2/c1-7(23)29-5-8-6-32-16-11(15(25)22(16)12(8)17(26)27)19-14(24)10(9-3-2-4-31-9)13-20-18(28)30-21-13/h2-4,10-11,16H,5-6H2,1H3,(H,19,24)(H,26,27)(H,20,21,28)/t10?,11-,16?/m1/s1. The molecule has 3 N–H and O–H groups in total. The van der Waals surface area contributed by atoms with E-state index in [1.54, 1.807) is 17.5 Å². The zero-order valence-electron chi connectivity index (χ0n) is 16.4. The predicted octanol–water partition coefficient (Wildman–Crippen LogP) is -0.142. The zero-order valence-corrected chi connectivity index (χ0v) is 18.0. The van der Waals surface area contributed by atoms with Gasteiger partial charge in [0.05, 0.1) is 0 Å². The molecule has 14 heteroatoms. The van der Waals surface area contributed by atoms with Crippen LogP contribution in [0.15, 0.2) is 38.1 Å². The van der Waals surface area contributed by atoms with Gasteiger partial charge in [0.2, 0.25) is 5.91 Å². The summed E-state index contributed by atoms with van der Waals surface area (Å²) in [4.78, 5) is 64.1. The maximum atomic E-state index is 13.1. The van der Waals surface area contributed by atoms with Crippen molar-refractivity contribution in [3.05, 3.63) is 50.0 Å². The third-order valence-electron chi connectivity index (χ3n) is 4.82. The number of hydrogen-bond donors (Lipinski definition) is 3. The Bertz CT molecular complexity index is 1170. The minimum atomic E-state index is -1.33. The Morgan fingerprint density at radius 3 is 2.81 bits per heavy atom. The van der Waals surface area contributed by atoms with Gasteiger partial charge in [-0.25, -0.2) is 9.59 Å². The molecule has 2 aromatic heterocycles. The van der Waals surface area contributed by atoms with E-state index in [9.17, 15) is 29.1 Å². The number of nitrogens with one attached hydrogen (secondary N) is 2. The highest BCUT2D eigenvalue weighted by molar-refractivity contribution is 8.00. The van der Waals surface area contributed by atoms with E-state index < -0.39 is 46.8 Å². The molecule has 4 heterocycles. The number of carbonyl (C=O) groups is 4. The van der Waals surface area contributed by atoms with Crippen molar-refractivity contribution in [1.29, 1.82) is 0 Å². The Morgan fingerprint density at radius 2 is 2.22 bits per heavy atom. The van der Waals surface area contributed by atoms with Crippen LogP contribution in [-0.2, 0) is 23.9 Å². The Hall–Kier alpha value is -3.39. The van der Waals surface area contributed by atoms with Crippen LogP contribution in [0.3, 0.4) is 0 Å². The molecule has 0 radical (unpaired) electrons. The first-order valence-corrected chi connectivity index (χ1v) is 11.1. The van der Waals surface area contributed by atoms with Crippen LogP contribution in [0.5, 0.6) is 0 Å². The first-order valence-electron chi connectivity index (χ1n) is 9.21. The monoisotopic (exact) mass is 480 g/mol. The van der Waals surface area contributed by atoms with Gasteiger partial charge in [0.15, 0.2) is 5.82 Å². The molecule has 2 unspecified atom stereocenters. The number of carboxylic acid groups (broad SMARTS) is 1. The molecule has 1 fully saturated rings. The number of aliphatic carboxylic acids is 1. The molecule has 2 aromatic rings. The van der Waals surface area contributed by atoms with Crippen molar-refractivity contribution < 1.29 is 33.5 Å². The van der Waals surface area contributed by atoms with Crippen LogP contribution in [-0.4, -0.2) is 67.7 Å². The lowest BCUT2D eigenvalue weighted by atomic mass is 10.0. The van der Waals surface area contributed by atoms with Crippen molar-refractivity contribution in [1.82, 2.24) is 20.4 Å². The van der Waals surface area contributed by atoms with Crippen molar-refractivity contribution in [3.63, 3.8) is 0 Å². The Balaban J connectivity index is 1.54. The van der Waals surface area contributed by atoms with Crippen LogP contribution >= 0.6 is 23.1 Å². The number of fused-ring (bicyclic) bond motifs is 1. The van der Waals surface area contributed by atoms with Gasteiger partial charge in [0, 0.05) is 23.1 Å². The van der Waals surface area contributed by atoms with Gasteiger partial charge in [0.1, 0.15) is 29.6 Å². The van der Waals surface area contributed by atoms with Crippen LogP contribution in [0.25, 0.3) is 0 Å². The van der Waals surface area contributed by atoms with Crippen molar-refractivity contribution in [2.24, 2.45) is 0 Å². The van der Waals surface area contributed by atoms with E-state index in [2.05, 4.69) is 20.0 Å². The number of esters is 1. The number of thioether (sulfide) groups is 1. The van der Waals surface area contributed by atoms with Crippen molar-refractivity contribution >= 4 is 46.9 Å². The number of amides is 2. The number of thiophene rings is 1. The summed E-state index contributed by atoms with van der Waals surface area (Å²) in [6.07, 6.45) is 0. The zero-order chi connectivity index (χ0) is 23.0. The van der Waals surface area contributed by atoms with Gasteiger partial charge in [0.25, 0.3) is 5.91 Å². The summed E-state index contributed by atoms with van der Waals surface area (Å²) in [6, 6.07) is 2.43. The van der Waals surface area contributed by atoms with E-state index in [0.29, 0.717) is 10.5 Å².